The standard InChI is InChI=1S/C32H41Cl3F3NO6S/c1-18-10-8-9-11-23(32(36,37)38)12-13-25(19(2)14-24-16-46-22(5)39-24)44-26(40)15-20(3)30(6,7)28(41)21(4)27(18)45-29(42)43-17-31(33,34)35/h8-9,12,14,16,18,20-21,25,27H,10-11,13,15,17H2,1-7H3/b9-8+,19-14+,23-12+/t18-,20-,21+,25-,27-/m0/s1. The number of ketones is 1. The van der Waals surface area contributed by atoms with Gasteiger partial charge in [0.05, 0.1) is 16.6 Å². The molecule has 0 unspecified atom stereocenters. The Hall–Kier alpha value is -2.08. The predicted octanol–water partition coefficient (Wildman–Crippen LogP) is 9.78. The molecule has 0 saturated carbocycles. The first-order valence-electron chi connectivity index (χ1n) is 14.8. The minimum Gasteiger partial charge on any atom is -0.457 e. The van der Waals surface area contributed by atoms with Crippen LogP contribution in [0.4, 0.5) is 18.0 Å². The lowest BCUT2D eigenvalue weighted by Gasteiger charge is -2.36. The molecule has 46 heavy (non-hydrogen) atoms. The number of aromatic nitrogens is 1. The number of aryl methyl sites for hydroxylation is 1. The molecule has 1 aromatic heterocycles. The number of cyclic esters (lactones) is 1. The minimum absolute atomic E-state index is 0.181. The van der Waals surface area contributed by atoms with E-state index in [2.05, 4.69) is 4.98 Å². The number of halogens is 6. The maximum absolute atomic E-state index is 14.0. The number of carbonyl (C=O) groups excluding carboxylic acids is 3. The zero-order valence-electron chi connectivity index (χ0n) is 26.9. The quantitative estimate of drug-likeness (QED) is 0.173. The molecule has 14 heteroatoms. The zero-order chi connectivity index (χ0) is 35.0. The van der Waals surface area contributed by atoms with Crippen molar-refractivity contribution in [3.63, 3.8) is 0 Å². The highest BCUT2D eigenvalue weighted by Crippen LogP contribution is 2.37. The fourth-order valence-corrected chi connectivity index (χ4v) is 5.74. The molecule has 1 aliphatic heterocycles. The van der Waals surface area contributed by atoms with Crippen LogP contribution in [0, 0.1) is 30.1 Å². The Morgan fingerprint density at radius 1 is 1.15 bits per heavy atom. The van der Waals surface area contributed by atoms with Crippen molar-refractivity contribution in [2.45, 2.75) is 96.3 Å². The van der Waals surface area contributed by atoms with Gasteiger partial charge in [0.1, 0.15) is 24.6 Å². The molecule has 5 atom stereocenters. The number of rotatable bonds is 4. The summed E-state index contributed by atoms with van der Waals surface area (Å²) in [4.78, 5) is 44.0. The lowest BCUT2D eigenvalue weighted by molar-refractivity contribution is -0.150. The van der Waals surface area contributed by atoms with Crippen LogP contribution in [0.25, 0.3) is 6.08 Å². The highest BCUT2D eigenvalue weighted by Gasteiger charge is 2.43. The Morgan fingerprint density at radius 2 is 1.80 bits per heavy atom. The first kappa shape index (κ1) is 40.1. The van der Waals surface area contributed by atoms with Gasteiger partial charge < -0.3 is 14.2 Å². The fourth-order valence-electron chi connectivity index (χ4n) is 5.01. The van der Waals surface area contributed by atoms with Crippen LogP contribution < -0.4 is 0 Å². The third-order valence-corrected chi connectivity index (χ3v) is 9.26. The van der Waals surface area contributed by atoms with E-state index in [0.29, 0.717) is 11.3 Å². The van der Waals surface area contributed by atoms with Crippen molar-refractivity contribution in [1.82, 2.24) is 4.98 Å². The van der Waals surface area contributed by atoms with Gasteiger partial charge in [0, 0.05) is 29.2 Å². The van der Waals surface area contributed by atoms with Crippen molar-refractivity contribution in [3.8, 4) is 0 Å². The average Bonchev–Trinajstić information content (AvgIpc) is 3.34. The summed E-state index contributed by atoms with van der Waals surface area (Å²) in [5, 5.41) is 2.62. The van der Waals surface area contributed by atoms with E-state index in [1.807, 2.05) is 6.92 Å². The molecule has 2 heterocycles. The molecule has 0 fully saturated rings. The number of Topliss-reactive ketones (excluding diaryl/α,β-unsaturated/α-hetero) is 1. The molecule has 0 amide bonds. The summed E-state index contributed by atoms with van der Waals surface area (Å²) in [5.41, 5.74) is -0.761. The maximum atomic E-state index is 14.0. The molecule has 0 spiro atoms. The largest absolute Gasteiger partial charge is 0.508 e. The van der Waals surface area contributed by atoms with Gasteiger partial charge in [-0.15, -0.1) is 11.3 Å². The second-order valence-corrected chi connectivity index (χ2v) is 15.8. The normalized spacial score (nSPS) is 28.0. The van der Waals surface area contributed by atoms with Crippen molar-refractivity contribution in [3.05, 3.63) is 45.5 Å². The highest BCUT2D eigenvalue weighted by molar-refractivity contribution is 7.09. The number of thiazole rings is 1. The van der Waals surface area contributed by atoms with Crippen LogP contribution in [0.15, 0.2) is 34.8 Å². The topological polar surface area (TPSA) is 91.8 Å². The van der Waals surface area contributed by atoms with Crippen LogP contribution in [0.2, 0.25) is 0 Å². The summed E-state index contributed by atoms with van der Waals surface area (Å²) >= 11 is 18.4. The molecule has 1 aromatic rings. The van der Waals surface area contributed by atoms with Crippen molar-refractivity contribution in [2.75, 3.05) is 6.61 Å². The SMILES string of the molecule is C/C(=C\c1csc(C)n1)[C@@H]1C/C=C(/C(F)(F)F)C/C=C/C[C@H](C)[C@H](OC(=O)OCC(Cl)(Cl)Cl)[C@@H](C)C(=O)C(C)(C)[C@@H](C)CC(=O)O1. The molecule has 0 aromatic carbocycles. The molecular formula is C32H41Cl3F3NO6S. The summed E-state index contributed by atoms with van der Waals surface area (Å²) in [6, 6.07) is 0. The number of nitrogens with zero attached hydrogens (tertiary/aromatic N) is 1. The first-order valence-corrected chi connectivity index (χ1v) is 16.8. The van der Waals surface area contributed by atoms with E-state index in [1.165, 1.54) is 17.4 Å². The van der Waals surface area contributed by atoms with Crippen molar-refractivity contribution >= 4 is 70.1 Å². The van der Waals surface area contributed by atoms with Crippen molar-refractivity contribution in [2.24, 2.45) is 23.2 Å². The molecule has 0 N–H and O–H groups in total. The van der Waals surface area contributed by atoms with Crippen molar-refractivity contribution in [1.29, 1.82) is 0 Å². The van der Waals surface area contributed by atoms with Gasteiger partial charge in [-0.05, 0) is 50.2 Å². The van der Waals surface area contributed by atoms with Gasteiger partial charge in [0.2, 0.25) is 3.79 Å². The van der Waals surface area contributed by atoms with Crippen LogP contribution in [-0.4, -0.2) is 51.7 Å². The third-order valence-electron chi connectivity index (χ3n) is 8.14. The summed E-state index contributed by atoms with van der Waals surface area (Å²) in [6.07, 6.45) is -2.86. The summed E-state index contributed by atoms with van der Waals surface area (Å²) in [7, 11) is 0. The molecule has 0 aliphatic carbocycles. The second-order valence-electron chi connectivity index (χ2n) is 12.2. The molecule has 1 aliphatic rings. The van der Waals surface area contributed by atoms with Gasteiger partial charge in [-0.1, -0.05) is 87.6 Å². The van der Waals surface area contributed by atoms with E-state index in [4.69, 9.17) is 49.0 Å². The minimum atomic E-state index is -4.63. The molecule has 0 saturated heterocycles. The summed E-state index contributed by atoms with van der Waals surface area (Å²) in [6.45, 7) is 11.3. The number of alkyl halides is 6. The zero-order valence-corrected chi connectivity index (χ0v) is 30.0. The summed E-state index contributed by atoms with van der Waals surface area (Å²) < 4.78 is 56.4. The van der Waals surface area contributed by atoms with Crippen LogP contribution >= 0.6 is 46.1 Å². The smallest absolute Gasteiger partial charge is 0.457 e. The molecule has 7 nitrogen and oxygen atoms in total. The van der Waals surface area contributed by atoms with Gasteiger partial charge in [-0.25, -0.2) is 9.78 Å². The Kier molecular flexibility index (Phi) is 14.7. The molecule has 0 radical (unpaired) electrons. The lowest BCUT2D eigenvalue weighted by atomic mass is 9.69. The number of allylic oxidation sites excluding steroid dienone is 3. The Balaban J connectivity index is 2.49. The Bertz CT molecular complexity index is 1320. The monoisotopic (exact) mass is 729 g/mol. The molecule has 258 valence electrons. The van der Waals surface area contributed by atoms with Crippen molar-refractivity contribution < 1.29 is 41.8 Å². The Labute approximate surface area is 287 Å². The first-order chi connectivity index (χ1) is 21.1. The third kappa shape index (κ3) is 12.5. The number of ether oxygens (including phenoxy) is 3. The maximum Gasteiger partial charge on any atom is 0.508 e. The van der Waals surface area contributed by atoms with E-state index in [9.17, 15) is 27.6 Å². The van der Waals surface area contributed by atoms with Crippen LogP contribution in [0.5, 0.6) is 0 Å². The van der Waals surface area contributed by atoms with Crippen LogP contribution in [-0.2, 0) is 23.8 Å². The van der Waals surface area contributed by atoms with E-state index >= 15 is 0 Å². The number of hydrogen-bond acceptors (Lipinski definition) is 8. The average molecular weight is 731 g/mol. The summed E-state index contributed by atoms with van der Waals surface area (Å²) in [5.74, 6) is -2.93. The van der Waals surface area contributed by atoms with E-state index in [-0.39, 0.29) is 25.0 Å². The van der Waals surface area contributed by atoms with Gasteiger partial charge in [0.15, 0.2) is 0 Å². The van der Waals surface area contributed by atoms with E-state index in [1.54, 1.807) is 59.1 Å². The number of hydrogen-bond donors (Lipinski definition) is 0. The fraction of sp³-hybridized carbons (Fsp3) is 0.625. The molecular weight excluding hydrogens is 690 g/mol. The van der Waals surface area contributed by atoms with E-state index < -0.39 is 76.1 Å². The van der Waals surface area contributed by atoms with E-state index in [0.717, 1.165) is 11.1 Å². The number of carbonyl (C=O) groups is 3. The van der Waals surface area contributed by atoms with Crippen LogP contribution in [0.1, 0.15) is 77.9 Å². The highest BCUT2D eigenvalue weighted by atomic mass is 35.6. The lowest BCUT2D eigenvalue weighted by Crippen LogP contribution is -2.44. The van der Waals surface area contributed by atoms with Gasteiger partial charge in [-0.3, -0.25) is 9.59 Å². The number of esters is 1. The predicted molar refractivity (Wildman–Crippen MR) is 175 cm³/mol. The molecule has 0 bridgehead atoms. The Morgan fingerprint density at radius 3 is 2.37 bits per heavy atom. The second kappa shape index (κ2) is 16.8. The van der Waals surface area contributed by atoms with Crippen LogP contribution in [0.3, 0.4) is 0 Å². The van der Waals surface area contributed by atoms with Gasteiger partial charge in [0.25, 0.3) is 0 Å². The van der Waals surface area contributed by atoms with Gasteiger partial charge in [-0.2, -0.15) is 13.2 Å². The van der Waals surface area contributed by atoms with Gasteiger partial charge >= 0.3 is 18.3 Å². The molecule has 2 rings (SSSR count).